The summed E-state index contributed by atoms with van der Waals surface area (Å²) in [5.41, 5.74) is 2.42. The van der Waals surface area contributed by atoms with Crippen LogP contribution in [0.4, 0.5) is 0 Å². The van der Waals surface area contributed by atoms with Crippen molar-refractivity contribution < 1.29 is 14.3 Å². The van der Waals surface area contributed by atoms with Crippen molar-refractivity contribution in [2.75, 3.05) is 20.8 Å². The van der Waals surface area contributed by atoms with Gasteiger partial charge in [0.1, 0.15) is 0 Å². The topological polar surface area (TPSA) is 38.8 Å². The zero-order chi connectivity index (χ0) is 16.3. The molecular weight excluding hydrogens is 278 g/mol. The lowest BCUT2D eigenvalue weighted by atomic mass is 9.91. The van der Waals surface area contributed by atoms with Gasteiger partial charge < -0.3 is 14.4 Å². The van der Waals surface area contributed by atoms with Gasteiger partial charge in [-0.2, -0.15) is 0 Å². The van der Waals surface area contributed by atoms with Gasteiger partial charge in [-0.25, -0.2) is 0 Å². The van der Waals surface area contributed by atoms with Gasteiger partial charge in [0.05, 0.1) is 20.3 Å². The van der Waals surface area contributed by atoms with E-state index in [1.165, 1.54) is 11.1 Å². The number of hydrogen-bond donors (Lipinski definition) is 0. The molecule has 0 spiro atoms. The van der Waals surface area contributed by atoms with Gasteiger partial charge in [0.25, 0.3) is 0 Å². The molecule has 2 rings (SSSR count). The van der Waals surface area contributed by atoms with Crippen LogP contribution >= 0.6 is 0 Å². The molecule has 0 radical (unpaired) electrons. The van der Waals surface area contributed by atoms with Gasteiger partial charge in [0.2, 0.25) is 5.91 Å². The second-order valence-electron chi connectivity index (χ2n) is 5.88. The summed E-state index contributed by atoms with van der Waals surface area (Å²) in [6.45, 7) is 7.05. The average molecular weight is 305 g/mol. The predicted octanol–water partition coefficient (Wildman–Crippen LogP) is 3.59. The van der Waals surface area contributed by atoms with Crippen LogP contribution in [0.25, 0.3) is 0 Å². The Bertz CT molecular complexity index is 537. The number of benzene rings is 1. The Balaban J connectivity index is 2.33. The van der Waals surface area contributed by atoms with Crippen LogP contribution in [0, 0.1) is 5.92 Å². The molecule has 22 heavy (non-hydrogen) atoms. The first-order valence-electron chi connectivity index (χ1n) is 8.12. The number of ether oxygens (including phenoxy) is 2. The molecule has 1 amide bonds. The number of carbonyl (C=O) groups excluding carboxylic acids is 1. The molecule has 4 heteroatoms. The highest BCUT2D eigenvalue weighted by Gasteiger charge is 2.31. The monoisotopic (exact) mass is 305 g/mol. The molecule has 0 saturated heterocycles. The number of amides is 1. The summed E-state index contributed by atoms with van der Waals surface area (Å²) in [7, 11) is 3.30. The Hall–Kier alpha value is -1.71. The summed E-state index contributed by atoms with van der Waals surface area (Å²) in [4.78, 5) is 14.7. The fraction of sp³-hybridized carbons (Fsp3) is 0.611. The summed E-state index contributed by atoms with van der Waals surface area (Å²) in [6, 6.07) is 4.14. The van der Waals surface area contributed by atoms with Crippen LogP contribution in [-0.4, -0.2) is 31.6 Å². The first kappa shape index (κ1) is 16.7. The maximum absolute atomic E-state index is 12.7. The smallest absolute Gasteiger partial charge is 0.226 e. The normalized spacial score (nSPS) is 17.4. The number of rotatable bonds is 5. The number of carbonyl (C=O) groups is 1. The Morgan fingerprint density at radius 2 is 1.82 bits per heavy atom. The predicted molar refractivity (Wildman–Crippen MR) is 87.5 cm³/mol. The van der Waals surface area contributed by atoms with E-state index in [0.29, 0.717) is 0 Å². The van der Waals surface area contributed by atoms with Crippen LogP contribution in [0.1, 0.15) is 50.8 Å². The van der Waals surface area contributed by atoms with Gasteiger partial charge >= 0.3 is 0 Å². The molecule has 1 unspecified atom stereocenters. The molecule has 1 aromatic rings. The van der Waals surface area contributed by atoms with Crippen LogP contribution in [0.3, 0.4) is 0 Å². The molecule has 0 N–H and O–H groups in total. The molecular formula is C18H27NO3. The van der Waals surface area contributed by atoms with Crippen molar-refractivity contribution in [2.45, 2.75) is 46.1 Å². The quantitative estimate of drug-likeness (QED) is 0.834. The van der Waals surface area contributed by atoms with Gasteiger partial charge in [-0.15, -0.1) is 0 Å². The number of methoxy groups -OCH3 is 2. The highest BCUT2D eigenvalue weighted by molar-refractivity contribution is 5.79. The van der Waals surface area contributed by atoms with E-state index < -0.39 is 0 Å². The van der Waals surface area contributed by atoms with Gasteiger partial charge in [-0.3, -0.25) is 4.79 Å². The van der Waals surface area contributed by atoms with Crippen LogP contribution in [0.15, 0.2) is 12.1 Å². The van der Waals surface area contributed by atoms with E-state index in [1.807, 2.05) is 17.0 Å². The molecule has 1 atom stereocenters. The third-order valence-corrected chi connectivity index (χ3v) is 4.80. The molecule has 0 bridgehead atoms. The highest BCUT2D eigenvalue weighted by Crippen LogP contribution is 2.38. The number of hydrogen-bond acceptors (Lipinski definition) is 3. The van der Waals surface area contributed by atoms with Gasteiger partial charge in [0.15, 0.2) is 11.5 Å². The summed E-state index contributed by atoms with van der Waals surface area (Å²) in [5, 5.41) is 0. The van der Waals surface area contributed by atoms with E-state index in [0.717, 1.165) is 37.3 Å². The summed E-state index contributed by atoms with van der Waals surface area (Å²) >= 11 is 0. The third-order valence-electron chi connectivity index (χ3n) is 4.80. The molecule has 4 nitrogen and oxygen atoms in total. The summed E-state index contributed by atoms with van der Waals surface area (Å²) in [6.07, 6.45) is 2.67. The summed E-state index contributed by atoms with van der Waals surface area (Å²) < 4.78 is 10.8. The first-order valence-corrected chi connectivity index (χ1v) is 8.12. The van der Waals surface area contributed by atoms with Crippen molar-refractivity contribution in [3.8, 4) is 11.5 Å². The minimum absolute atomic E-state index is 0.0802. The van der Waals surface area contributed by atoms with Crippen LogP contribution < -0.4 is 9.47 Å². The van der Waals surface area contributed by atoms with Crippen LogP contribution in [0.2, 0.25) is 0 Å². The van der Waals surface area contributed by atoms with Crippen molar-refractivity contribution in [2.24, 2.45) is 5.92 Å². The van der Waals surface area contributed by atoms with E-state index in [1.54, 1.807) is 14.2 Å². The lowest BCUT2D eigenvalue weighted by molar-refractivity contribution is -0.138. The zero-order valence-electron chi connectivity index (χ0n) is 14.3. The summed E-state index contributed by atoms with van der Waals surface area (Å²) in [5.74, 6) is 1.89. The lowest BCUT2D eigenvalue weighted by Gasteiger charge is -2.37. The lowest BCUT2D eigenvalue weighted by Crippen LogP contribution is -2.42. The van der Waals surface area contributed by atoms with E-state index in [4.69, 9.17) is 9.47 Å². The minimum atomic E-state index is 0.0802. The zero-order valence-corrected chi connectivity index (χ0v) is 14.3. The fourth-order valence-corrected chi connectivity index (χ4v) is 3.32. The molecule has 0 aliphatic carbocycles. The van der Waals surface area contributed by atoms with Crippen LogP contribution in [-0.2, 0) is 11.2 Å². The van der Waals surface area contributed by atoms with Crippen molar-refractivity contribution in [1.82, 2.24) is 4.90 Å². The van der Waals surface area contributed by atoms with E-state index in [-0.39, 0.29) is 17.9 Å². The number of fused-ring (bicyclic) bond motifs is 1. The van der Waals surface area contributed by atoms with Crippen molar-refractivity contribution in [3.05, 3.63) is 23.3 Å². The molecule has 122 valence electrons. The Labute approximate surface area is 133 Å². The van der Waals surface area contributed by atoms with Gasteiger partial charge in [-0.05, 0) is 49.4 Å². The fourth-order valence-electron chi connectivity index (χ4n) is 3.32. The molecule has 1 aliphatic rings. The molecule has 1 aromatic carbocycles. The maximum atomic E-state index is 12.7. The van der Waals surface area contributed by atoms with Crippen LogP contribution in [0.5, 0.6) is 11.5 Å². The Morgan fingerprint density at radius 1 is 1.23 bits per heavy atom. The standard InChI is InChI=1S/C18H27NO3/c1-6-13(7-2)18(20)19-9-8-14-10-16(21-4)17(22-5)11-15(14)12(19)3/h10-13H,6-9H2,1-5H3. The largest absolute Gasteiger partial charge is 0.493 e. The third kappa shape index (κ3) is 2.92. The van der Waals surface area contributed by atoms with Crippen molar-refractivity contribution >= 4 is 5.91 Å². The highest BCUT2D eigenvalue weighted by atomic mass is 16.5. The van der Waals surface area contributed by atoms with Gasteiger partial charge in [-0.1, -0.05) is 13.8 Å². The first-order chi connectivity index (χ1) is 10.6. The van der Waals surface area contributed by atoms with E-state index >= 15 is 0 Å². The van der Waals surface area contributed by atoms with E-state index in [9.17, 15) is 4.79 Å². The van der Waals surface area contributed by atoms with E-state index in [2.05, 4.69) is 20.8 Å². The average Bonchev–Trinajstić information content (AvgIpc) is 2.55. The Kier molecular flexibility index (Phi) is 5.33. The minimum Gasteiger partial charge on any atom is -0.493 e. The molecule has 1 aliphatic heterocycles. The molecule has 0 saturated carbocycles. The van der Waals surface area contributed by atoms with Gasteiger partial charge in [0, 0.05) is 12.5 Å². The Morgan fingerprint density at radius 3 is 2.36 bits per heavy atom. The molecule has 1 heterocycles. The SMILES string of the molecule is CCC(CC)C(=O)N1CCc2cc(OC)c(OC)cc2C1C. The number of nitrogens with zero attached hydrogens (tertiary/aromatic N) is 1. The second-order valence-corrected chi connectivity index (χ2v) is 5.88. The molecule has 0 fully saturated rings. The van der Waals surface area contributed by atoms with Crippen molar-refractivity contribution in [3.63, 3.8) is 0 Å². The van der Waals surface area contributed by atoms with Crippen molar-refractivity contribution in [1.29, 1.82) is 0 Å². The molecule has 0 aromatic heterocycles. The maximum Gasteiger partial charge on any atom is 0.226 e. The second kappa shape index (κ2) is 7.03.